The Kier molecular flexibility index (Phi) is 5.77. The third kappa shape index (κ3) is 4.81. The molecule has 0 atom stereocenters. The number of amides is 1. The number of pyridine rings is 3. The molecule has 166 valence electrons. The van der Waals surface area contributed by atoms with Crippen LogP contribution in [0.5, 0.6) is 0 Å². The number of carbonyl (C=O) groups is 1. The molecule has 2 aromatic carbocycles. The van der Waals surface area contributed by atoms with E-state index in [1.54, 1.807) is 67.4 Å². The van der Waals surface area contributed by atoms with Crippen molar-refractivity contribution in [2.45, 2.75) is 0 Å². The van der Waals surface area contributed by atoms with E-state index >= 15 is 0 Å². The zero-order valence-corrected chi connectivity index (χ0v) is 17.9. The number of benzene rings is 2. The van der Waals surface area contributed by atoms with E-state index in [0.717, 1.165) is 11.4 Å². The van der Waals surface area contributed by atoms with E-state index in [-0.39, 0.29) is 11.7 Å². The lowest BCUT2D eigenvalue weighted by atomic mass is 10.1. The van der Waals surface area contributed by atoms with Gasteiger partial charge in [0.15, 0.2) is 0 Å². The van der Waals surface area contributed by atoms with E-state index in [9.17, 15) is 9.18 Å². The predicted molar refractivity (Wildman–Crippen MR) is 131 cm³/mol. The summed E-state index contributed by atoms with van der Waals surface area (Å²) >= 11 is 0. The Bertz CT molecular complexity index is 1480. The average Bonchev–Trinajstić information content (AvgIpc) is 2.85. The molecule has 3 heterocycles. The Labute approximate surface area is 194 Å². The molecule has 0 bridgehead atoms. The molecule has 7 nitrogen and oxygen atoms in total. The zero-order valence-electron chi connectivity index (χ0n) is 17.9. The first-order chi connectivity index (χ1) is 16.6. The zero-order chi connectivity index (χ0) is 23.3. The third-order valence-corrected chi connectivity index (χ3v) is 5.07. The highest BCUT2D eigenvalue weighted by atomic mass is 19.1. The summed E-state index contributed by atoms with van der Waals surface area (Å²) in [5, 5.41) is 10.00. The van der Waals surface area contributed by atoms with Crippen molar-refractivity contribution in [1.82, 2.24) is 15.0 Å². The molecule has 5 aromatic rings. The number of hydrogen-bond donors (Lipinski definition) is 3. The van der Waals surface area contributed by atoms with Gasteiger partial charge in [-0.1, -0.05) is 6.07 Å². The van der Waals surface area contributed by atoms with Gasteiger partial charge >= 0.3 is 0 Å². The number of nitrogens with one attached hydrogen (secondary N) is 3. The van der Waals surface area contributed by atoms with Crippen molar-refractivity contribution >= 4 is 45.2 Å². The second-order valence-corrected chi connectivity index (χ2v) is 7.50. The van der Waals surface area contributed by atoms with Crippen molar-refractivity contribution in [3.63, 3.8) is 0 Å². The highest BCUT2D eigenvalue weighted by molar-refractivity contribution is 6.05. The van der Waals surface area contributed by atoms with E-state index in [1.807, 2.05) is 18.2 Å². The first kappa shape index (κ1) is 21.0. The molecular weight excluding hydrogens is 431 g/mol. The fraction of sp³-hybridized carbons (Fsp3) is 0. The average molecular weight is 450 g/mol. The first-order valence-corrected chi connectivity index (χ1v) is 10.5. The van der Waals surface area contributed by atoms with Crippen LogP contribution < -0.4 is 16.0 Å². The Morgan fingerprint density at radius 1 is 0.735 bits per heavy atom. The maximum absolute atomic E-state index is 13.8. The van der Waals surface area contributed by atoms with Crippen LogP contribution in [-0.2, 0) is 0 Å². The number of halogens is 1. The molecular formula is C26H19FN6O. The molecule has 8 heteroatoms. The topological polar surface area (TPSA) is 91.8 Å². The van der Waals surface area contributed by atoms with E-state index in [0.29, 0.717) is 33.5 Å². The van der Waals surface area contributed by atoms with Crippen LogP contribution in [0.3, 0.4) is 0 Å². The van der Waals surface area contributed by atoms with Crippen molar-refractivity contribution in [1.29, 1.82) is 0 Å². The largest absolute Gasteiger partial charge is 0.355 e. The second kappa shape index (κ2) is 9.33. The molecule has 0 radical (unpaired) electrons. The highest BCUT2D eigenvalue weighted by Crippen LogP contribution is 2.26. The molecule has 0 saturated heterocycles. The molecule has 3 aromatic heterocycles. The maximum Gasteiger partial charge on any atom is 0.255 e. The molecule has 0 unspecified atom stereocenters. The SMILES string of the molecule is O=C(Nc1cncc(Nc2ccncc2)c1)c1cccc(Nc2ccnc3ccc(F)cc23)c1. The fourth-order valence-corrected chi connectivity index (χ4v) is 3.50. The van der Waals surface area contributed by atoms with E-state index in [1.165, 1.54) is 12.1 Å². The molecule has 1 amide bonds. The van der Waals surface area contributed by atoms with Gasteiger partial charge in [0.1, 0.15) is 5.82 Å². The van der Waals surface area contributed by atoms with Gasteiger partial charge < -0.3 is 16.0 Å². The Morgan fingerprint density at radius 2 is 1.59 bits per heavy atom. The van der Waals surface area contributed by atoms with Crippen LogP contribution in [-0.4, -0.2) is 20.9 Å². The van der Waals surface area contributed by atoms with Crippen LogP contribution in [0, 0.1) is 5.82 Å². The predicted octanol–water partition coefficient (Wildman–Crippen LogP) is 5.90. The standard InChI is InChI=1S/C26H19FN6O/c27-18-4-5-24-23(13-18)25(8-11-30-24)32-20-3-1-2-17(12-20)26(34)33-22-14-21(15-29-16-22)31-19-6-9-28-10-7-19/h1-16H,(H,28,31)(H,30,32)(H,33,34). The van der Waals surface area contributed by atoms with Crippen molar-refractivity contribution < 1.29 is 9.18 Å². The summed E-state index contributed by atoms with van der Waals surface area (Å²) in [6, 6.07) is 18.7. The Hall–Kier alpha value is -4.85. The molecule has 0 aliphatic rings. The summed E-state index contributed by atoms with van der Waals surface area (Å²) in [7, 11) is 0. The lowest BCUT2D eigenvalue weighted by Gasteiger charge is -2.12. The van der Waals surface area contributed by atoms with Gasteiger partial charge in [0.2, 0.25) is 0 Å². The molecule has 0 spiro atoms. The summed E-state index contributed by atoms with van der Waals surface area (Å²) in [6.45, 7) is 0. The van der Waals surface area contributed by atoms with Gasteiger partial charge in [-0.3, -0.25) is 19.7 Å². The third-order valence-electron chi connectivity index (χ3n) is 5.07. The van der Waals surface area contributed by atoms with E-state index in [2.05, 4.69) is 30.9 Å². The number of nitrogens with zero attached hydrogens (tertiary/aromatic N) is 3. The Balaban J connectivity index is 1.33. The van der Waals surface area contributed by atoms with Gasteiger partial charge in [0.05, 0.1) is 29.3 Å². The fourth-order valence-electron chi connectivity index (χ4n) is 3.50. The quantitative estimate of drug-likeness (QED) is 0.298. The summed E-state index contributed by atoms with van der Waals surface area (Å²) in [6.07, 6.45) is 8.28. The summed E-state index contributed by atoms with van der Waals surface area (Å²) in [4.78, 5) is 25.3. The minimum absolute atomic E-state index is 0.280. The maximum atomic E-state index is 13.8. The Morgan fingerprint density at radius 3 is 2.47 bits per heavy atom. The van der Waals surface area contributed by atoms with Crippen molar-refractivity contribution in [3.8, 4) is 0 Å². The summed E-state index contributed by atoms with van der Waals surface area (Å²) in [5.74, 6) is -0.622. The molecule has 0 fully saturated rings. The number of fused-ring (bicyclic) bond motifs is 1. The monoisotopic (exact) mass is 450 g/mol. The summed E-state index contributed by atoms with van der Waals surface area (Å²) in [5.41, 5.74) is 4.67. The minimum Gasteiger partial charge on any atom is -0.355 e. The van der Waals surface area contributed by atoms with Gasteiger partial charge in [-0.05, 0) is 60.7 Å². The molecule has 3 N–H and O–H groups in total. The van der Waals surface area contributed by atoms with Crippen molar-refractivity contribution in [3.05, 3.63) is 109 Å². The molecule has 34 heavy (non-hydrogen) atoms. The van der Waals surface area contributed by atoms with Gasteiger partial charge in [0.25, 0.3) is 5.91 Å². The van der Waals surface area contributed by atoms with Crippen LogP contribution in [0.15, 0.2) is 97.7 Å². The summed E-state index contributed by atoms with van der Waals surface area (Å²) < 4.78 is 13.8. The number of hydrogen-bond acceptors (Lipinski definition) is 6. The van der Waals surface area contributed by atoms with Crippen LogP contribution >= 0.6 is 0 Å². The lowest BCUT2D eigenvalue weighted by Crippen LogP contribution is -2.12. The van der Waals surface area contributed by atoms with E-state index < -0.39 is 0 Å². The number of rotatable bonds is 6. The molecule has 0 aliphatic carbocycles. The van der Waals surface area contributed by atoms with Gasteiger partial charge in [-0.2, -0.15) is 0 Å². The second-order valence-electron chi connectivity index (χ2n) is 7.50. The number of anilines is 5. The van der Waals surface area contributed by atoms with Crippen LogP contribution in [0.2, 0.25) is 0 Å². The number of aromatic nitrogens is 3. The molecule has 0 aliphatic heterocycles. The van der Waals surface area contributed by atoms with Gasteiger partial charge in [-0.15, -0.1) is 0 Å². The lowest BCUT2D eigenvalue weighted by molar-refractivity contribution is 0.102. The van der Waals surface area contributed by atoms with E-state index in [4.69, 9.17) is 0 Å². The van der Waals surface area contributed by atoms with Crippen molar-refractivity contribution in [2.75, 3.05) is 16.0 Å². The van der Waals surface area contributed by atoms with Crippen LogP contribution in [0.4, 0.5) is 32.8 Å². The van der Waals surface area contributed by atoms with Gasteiger partial charge in [0, 0.05) is 46.6 Å². The van der Waals surface area contributed by atoms with Gasteiger partial charge in [-0.25, -0.2) is 4.39 Å². The highest BCUT2D eigenvalue weighted by Gasteiger charge is 2.10. The molecule has 0 saturated carbocycles. The first-order valence-electron chi connectivity index (χ1n) is 10.5. The number of carbonyl (C=O) groups excluding carboxylic acids is 1. The van der Waals surface area contributed by atoms with Crippen LogP contribution in [0.1, 0.15) is 10.4 Å². The van der Waals surface area contributed by atoms with Crippen LogP contribution in [0.25, 0.3) is 10.9 Å². The van der Waals surface area contributed by atoms with Crippen molar-refractivity contribution in [2.24, 2.45) is 0 Å². The minimum atomic E-state index is -0.342. The smallest absolute Gasteiger partial charge is 0.255 e. The molecule has 5 rings (SSSR count). The normalized spacial score (nSPS) is 10.6.